The number of carboxylic acid groups (broad SMARTS) is 1. The van der Waals surface area contributed by atoms with Gasteiger partial charge in [-0.3, -0.25) is 4.90 Å². The summed E-state index contributed by atoms with van der Waals surface area (Å²) in [6, 6.07) is -1.01. The van der Waals surface area contributed by atoms with Gasteiger partial charge in [-0.25, -0.2) is 4.79 Å². The predicted octanol–water partition coefficient (Wildman–Crippen LogP) is -3.41. The van der Waals surface area contributed by atoms with Crippen molar-refractivity contribution in [2.24, 2.45) is 5.92 Å². The number of carboxylic acids is 1. The van der Waals surface area contributed by atoms with Gasteiger partial charge in [0.25, 0.3) is 0 Å². The van der Waals surface area contributed by atoms with Crippen molar-refractivity contribution in [2.75, 3.05) is 26.2 Å². The first-order valence-corrected chi connectivity index (χ1v) is 6.37. The zero-order chi connectivity index (χ0) is 13.5. The van der Waals surface area contributed by atoms with Crippen LogP contribution in [0.5, 0.6) is 0 Å². The van der Waals surface area contributed by atoms with Crippen LogP contribution in [0, 0.1) is 5.92 Å². The minimum atomic E-state index is -1.29. The largest absolute Gasteiger partial charge is 1.00 e. The van der Waals surface area contributed by atoms with Gasteiger partial charge < -0.3 is 20.0 Å². The van der Waals surface area contributed by atoms with Crippen LogP contribution in [-0.4, -0.2) is 49.2 Å². The van der Waals surface area contributed by atoms with E-state index in [1.165, 1.54) is 12.8 Å². The van der Waals surface area contributed by atoms with Crippen LogP contribution in [0.1, 0.15) is 26.7 Å². The maximum Gasteiger partial charge on any atom is 1.00 e. The Morgan fingerprint density at radius 3 is 2.37 bits per heavy atom. The van der Waals surface area contributed by atoms with Gasteiger partial charge in [-0.15, -0.1) is 0 Å². The van der Waals surface area contributed by atoms with Crippen molar-refractivity contribution in [1.82, 2.24) is 10.2 Å². The van der Waals surface area contributed by atoms with E-state index in [9.17, 15) is 14.7 Å². The third kappa shape index (κ3) is 6.86. The molecule has 0 spiro atoms. The number of carbonyl (C=O) groups is 2. The summed E-state index contributed by atoms with van der Waals surface area (Å²) < 4.78 is 4.95. The first kappa shape index (κ1) is 18.3. The Labute approximate surface area is 126 Å². The number of carbonyl (C=O) groups excluding carboxylic acids is 2. The number of nitrogens with one attached hydrogen (secondary N) is 1. The molecule has 0 unspecified atom stereocenters. The molecule has 0 aromatic heterocycles. The van der Waals surface area contributed by atoms with Crippen LogP contribution in [0.2, 0.25) is 0 Å². The topological polar surface area (TPSA) is 81.7 Å². The molecule has 19 heavy (non-hydrogen) atoms. The van der Waals surface area contributed by atoms with E-state index in [1.54, 1.807) is 13.8 Å². The molecule has 1 aliphatic rings. The zero-order valence-corrected chi connectivity index (χ0v) is 12.0. The predicted molar refractivity (Wildman–Crippen MR) is 63.8 cm³/mol. The molecule has 0 aromatic carbocycles. The maximum absolute atomic E-state index is 11.4. The minimum Gasteiger partial charge on any atom is -0.548 e. The summed E-state index contributed by atoms with van der Waals surface area (Å²) in [5, 5.41) is 13.1. The average molecular weight is 264 g/mol. The number of hydrogen-bond donors (Lipinski definition) is 1. The minimum absolute atomic E-state index is 0. The third-order valence-electron chi connectivity index (χ3n) is 3.03. The SMILES string of the molecule is CC(C)[C@H](NC(=O)OCCN1CCCC1)C(=O)[O-].[Li+]. The molecule has 1 N–H and O–H groups in total. The van der Waals surface area contributed by atoms with Crippen LogP contribution in [0.4, 0.5) is 4.79 Å². The molecule has 1 saturated heterocycles. The van der Waals surface area contributed by atoms with E-state index in [-0.39, 0.29) is 31.4 Å². The molecule has 0 aromatic rings. The van der Waals surface area contributed by atoms with E-state index in [1.807, 2.05) is 0 Å². The molecule has 0 bridgehead atoms. The molecule has 104 valence electrons. The van der Waals surface area contributed by atoms with Gasteiger partial charge in [-0.05, 0) is 31.8 Å². The number of likely N-dealkylation sites (tertiary alicyclic amines) is 1. The fourth-order valence-electron chi connectivity index (χ4n) is 1.94. The molecule has 0 radical (unpaired) electrons. The molecule has 0 aliphatic carbocycles. The fraction of sp³-hybridized carbons (Fsp3) is 0.833. The van der Waals surface area contributed by atoms with Crippen molar-refractivity contribution in [3.05, 3.63) is 0 Å². The van der Waals surface area contributed by atoms with Gasteiger partial charge in [-0.1, -0.05) is 13.8 Å². The van der Waals surface area contributed by atoms with E-state index in [0.717, 1.165) is 13.1 Å². The van der Waals surface area contributed by atoms with Crippen molar-refractivity contribution in [1.29, 1.82) is 0 Å². The maximum atomic E-state index is 11.4. The summed E-state index contributed by atoms with van der Waals surface area (Å²) in [4.78, 5) is 24.4. The number of aliphatic carboxylic acids is 1. The van der Waals surface area contributed by atoms with Gasteiger partial charge >= 0.3 is 25.0 Å². The number of alkyl carbamates (subject to hydrolysis) is 1. The second kappa shape index (κ2) is 9.24. The van der Waals surface area contributed by atoms with Crippen LogP contribution in [0.25, 0.3) is 0 Å². The van der Waals surface area contributed by atoms with Crippen LogP contribution in [0.3, 0.4) is 0 Å². The Balaban J connectivity index is 0.00000324. The van der Waals surface area contributed by atoms with Crippen LogP contribution in [-0.2, 0) is 9.53 Å². The number of hydrogen-bond acceptors (Lipinski definition) is 5. The normalized spacial score (nSPS) is 16.8. The van der Waals surface area contributed by atoms with E-state index >= 15 is 0 Å². The van der Waals surface area contributed by atoms with E-state index in [2.05, 4.69) is 10.2 Å². The quantitative estimate of drug-likeness (QED) is 0.505. The summed E-state index contributed by atoms with van der Waals surface area (Å²) in [6.07, 6.45) is 1.68. The summed E-state index contributed by atoms with van der Waals surface area (Å²) in [6.45, 7) is 6.46. The first-order valence-electron chi connectivity index (χ1n) is 6.37. The average Bonchev–Trinajstić information content (AvgIpc) is 2.78. The van der Waals surface area contributed by atoms with Crippen LogP contribution >= 0.6 is 0 Å². The molecule has 6 nitrogen and oxygen atoms in total. The molecule has 1 atom stereocenters. The summed E-state index contributed by atoms with van der Waals surface area (Å²) >= 11 is 0. The molecule has 1 amide bonds. The van der Waals surface area contributed by atoms with Gasteiger partial charge in [0.2, 0.25) is 0 Å². The Morgan fingerprint density at radius 1 is 1.32 bits per heavy atom. The molecular formula is C12H21LiN2O4. The molecule has 1 heterocycles. The monoisotopic (exact) mass is 264 g/mol. The number of amides is 1. The molecule has 7 heteroatoms. The van der Waals surface area contributed by atoms with Crippen molar-refractivity contribution < 1.29 is 38.3 Å². The van der Waals surface area contributed by atoms with Gasteiger partial charge in [0, 0.05) is 6.54 Å². The third-order valence-corrected chi connectivity index (χ3v) is 3.03. The van der Waals surface area contributed by atoms with E-state index in [0.29, 0.717) is 6.54 Å². The zero-order valence-electron chi connectivity index (χ0n) is 12.0. The van der Waals surface area contributed by atoms with E-state index in [4.69, 9.17) is 4.74 Å². The van der Waals surface area contributed by atoms with Gasteiger partial charge in [-0.2, -0.15) is 0 Å². The summed E-state index contributed by atoms with van der Waals surface area (Å²) in [5.41, 5.74) is 0. The Hall–Kier alpha value is -0.703. The van der Waals surface area contributed by atoms with Gasteiger partial charge in [0.15, 0.2) is 0 Å². The van der Waals surface area contributed by atoms with Crippen LogP contribution in [0.15, 0.2) is 0 Å². The number of nitrogens with zero attached hydrogens (tertiary/aromatic N) is 1. The van der Waals surface area contributed by atoms with Crippen molar-refractivity contribution in [2.45, 2.75) is 32.7 Å². The molecule has 0 saturated carbocycles. The second-order valence-corrected chi connectivity index (χ2v) is 4.87. The fourth-order valence-corrected chi connectivity index (χ4v) is 1.94. The molecule has 1 rings (SSSR count). The number of rotatable bonds is 6. The molecule has 1 aliphatic heterocycles. The Morgan fingerprint density at radius 2 is 1.89 bits per heavy atom. The van der Waals surface area contributed by atoms with Gasteiger partial charge in [0.05, 0.1) is 12.0 Å². The summed E-state index contributed by atoms with van der Waals surface area (Å²) in [7, 11) is 0. The van der Waals surface area contributed by atoms with Crippen LogP contribution < -0.4 is 29.3 Å². The summed E-state index contributed by atoms with van der Waals surface area (Å²) in [5.74, 6) is -1.53. The molecular weight excluding hydrogens is 243 g/mol. The smallest absolute Gasteiger partial charge is 0.548 e. The Bertz CT molecular complexity index is 293. The van der Waals surface area contributed by atoms with Crippen molar-refractivity contribution >= 4 is 12.1 Å². The van der Waals surface area contributed by atoms with Crippen molar-refractivity contribution in [3.8, 4) is 0 Å². The molecule has 1 fully saturated rings. The standard InChI is InChI=1S/C12H22N2O4.Li/c1-9(2)10(11(15)16)13-12(17)18-8-7-14-5-3-4-6-14;/h9-10H,3-8H2,1-2H3,(H,13,17)(H,15,16);/q;+1/p-1/t10-;/m0./s1. The van der Waals surface area contributed by atoms with E-state index < -0.39 is 18.1 Å². The van der Waals surface area contributed by atoms with Crippen molar-refractivity contribution in [3.63, 3.8) is 0 Å². The Kier molecular flexibility index (Phi) is 8.90. The van der Waals surface area contributed by atoms with Gasteiger partial charge in [0.1, 0.15) is 6.61 Å². The number of ether oxygens (including phenoxy) is 1. The first-order chi connectivity index (χ1) is 8.50. The second-order valence-electron chi connectivity index (χ2n) is 4.87.